The van der Waals surface area contributed by atoms with E-state index in [1.807, 2.05) is 0 Å². The highest BCUT2D eigenvalue weighted by Gasteiger charge is 2.19. The van der Waals surface area contributed by atoms with Crippen molar-refractivity contribution in [2.75, 3.05) is 39.5 Å². The molecule has 0 radical (unpaired) electrons. The van der Waals surface area contributed by atoms with Gasteiger partial charge in [0.15, 0.2) is 0 Å². The molecule has 120 valence electrons. The molecule has 1 fully saturated rings. The Labute approximate surface area is 126 Å². The first-order valence-corrected chi connectivity index (χ1v) is 8.49. The molecule has 0 N–H and O–H groups in total. The van der Waals surface area contributed by atoms with E-state index in [0.29, 0.717) is 6.10 Å². The molecule has 1 aliphatic heterocycles. The Bertz CT molecular complexity index is 231. The summed E-state index contributed by atoms with van der Waals surface area (Å²) in [6.07, 6.45) is 5.43. The Morgan fingerprint density at radius 2 is 1.85 bits per heavy atom. The van der Waals surface area contributed by atoms with Crippen LogP contribution in [0.4, 0.5) is 0 Å². The van der Waals surface area contributed by atoms with Crippen molar-refractivity contribution in [1.82, 2.24) is 4.90 Å². The van der Waals surface area contributed by atoms with Gasteiger partial charge in [0.25, 0.3) is 0 Å². The molecule has 3 nitrogen and oxygen atoms in total. The summed E-state index contributed by atoms with van der Waals surface area (Å²) in [5.41, 5.74) is 0. The molecule has 0 unspecified atom stereocenters. The Hall–Kier alpha value is -0.120. The fourth-order valence-corrected chi connectivity index (χ4v) is 2.53. The molecule has 1 aliphatic rings. The molecule has 0 amide bonds. The number of morpholine rings is 1. The Kier molecular flexibility index (Phi) is 9.49. The van der Waals surface area contributed by atoms with Gasteiger partial charge >= 0.3 is 0 Å². The highest BCUT2D eigenvalue weighted by atomic mass is 16.5. The zero-order valence-corrected chi connectivity index (χ0v) is 14.1. The standard InChI is InChI=1S/C17H35NO2/c1-15(2)6-5-7-17-14-18(10-13-20-17)9-12-19-11-8-16(3)4/h15-17H,5-14H2,1-4H3/t17-/m0/s1. The van der Waals surface area contributed by atoms with Crippen molar-refractivity contribution < 1.29 is 9.47 Å². The maximum absolute atomic E-state index is 5.87. The highest BCUT2D eigenvalue weighted by Crippen LogP contribution is 2.14. The minimum Gasteiger partial charge on any atom is -0.380 e. The van der Waals surface area contributed by atoms with Crippen LogP contribution in [0.2, 0.25) is 0 Å². The predicted molar refractivity (Wildman–Crippen MR) is 85.1 cm³/mol. The lowest BCUT2D eigenvalue weighted by atomic mass is 10.0. The van der Waals surface area contributed by atoms with E-state index in [-0.39, 0.29) is 0 Å². The second-order valence-corrected chi connectivity index (χ2v) is 6.91. The van der Waals surface area contributed by atoms with E-state index in [1.165, 1.54) is 25.7 Å². The Balaban J connectivity index is 2.05. The van der Waals surface area contributed by atoms with Crippen molar-refractivity contribution in [3.63, 3.8) is 0 Å². The smallest absolute Gasteiger partial charge is 0.0702 e. The van der Waals surface area contributed by atoms with Gasteiger partial charge in [-0.2, -0.15) is 0 Å². The first kappa shape index (κ1) is 17.9. The number of hydrogen-bond donors (Lipinski definition) is 0. The lowest BCUT2D eigenvalue weighted by molar-refractivity contribution is -0.0407. The molecule has 0 spiro atoms. The topological polar surface area (TPSA) is 21.7 Å². The molecule has 0 saturated carbocycles. The molecule has 20 heavy (non-hydrogen) atoms. The van der Waals surface area contributed by atoms with Crippen molar-refractivity contribution in [3.8, 4) is 0 Å². The molecule has 0 aromatic rings. The van der Waals surface area contributed by atoms with Gasteiger partial charge in [-0.25, -0.2) is 0 Å². The van der Waals surface area contributed by atoms with Gasteiger partial charge in [0.05, 0.1) is 19.3 Å². The summed E-state index contributed by atoms with van der Waals surface area (Å²) in [5, 5.41) is 0. The van der Waals surface area contributed by atoms with Crippen LogP contribution in [0.3, 0.4) is 0 Å². The third kappa shape index (κ3) is 8.93. The molecule has 3 heteroatoms. The van der Waals surface area contributed by atoms with Gasteiger partial charge in [-0.1, -0.05) is 40.5 Å². The van der Waals surface area contributed by atoms with E-state index < -0.39 is 0 Å². The normalized spacial score (nSPS) is 21.0. The second-order valence-electron chi connectivity index (χ2n) is 6.91. The Morgan fingerprint density at radius 1 is 1.10 bits per heavy atom. The molecule has 1 rings (SSSR count). The van der Waals surface area contributed by atoms with Crippen LogP contribution in [0, 0.1) is 11.8 Å². The average Bonchev–Trinajstić information content (AvgIpc) is 2.38. The van der Waals surface area contributed by atoms with Gasteiger partial charge in [-0.3, -0.25) is 4.90 Å². The van der Waals surface area contributed by atoms with E-state index in [9.17, 15) is 0 Å². The van der Waals surface area contributed by atoms with Crippen molar-refractivity contribution >= 4 is 0 Å². The number of hydrogen-bond acceptors (Lipinski definition) is 3. The zero-order chi connectivity index (χ0) is 14.8. The van der Waals surface area contributed by atoms with E-state index in [2.05, 4.69) is 32.6 Å². The van der Waals surface area contributed by atoms with Crippen LogP contribution >= 0.6 is 0 Å². The van der Waals surface area contributed by atoms with E-state index in [4.69, 9.17) is 9.47 Å². The van der Waals surface area contributed by atoms with Gasteiger partial charge in [-0.05, 0) is 24.7 Å². The monoisotopic (exact) mass is 285 g/mol. The highest BCUT2D eigenvalue weighted by molar-refractivity contribution is 4.71. The summed E-state index contributed by atoms with van der Waals surface area (Å²) >= 11 is 0. The minimum absolute atomic E-state index is 0.443. The number of ether oxygens (including phenoxy) is 2. The average molecular weight is 285 g/mol. The quantitative estimate of drug-likeness (QED) is 0.573. The lowest BCUT2D eigenvalue weighted by Crippen LogP contribution is -2.43. The first-order valence-electron chi connectivity index (χ1n) is 8.49. The molecule has 1 atom stereocenters. The third-order valence-electron chi connectivity index (χ3n) is 3.92. The van der Waals surface area contributed by atoms with Gasteiger partial charge in [0, 0.05) is 26.2 Å². The Morgan fingerprint density at radius 3 is 2.55 bits per heavy atom. The predicted octanol–water partition coefficient (Wildman–Crippen LogP) is 3.58. The number of nitrogens with zero attached hydrogens (tertiary/aromatic N) is 1. The van der Waals surface area contributed by atoms with E-state index in [1.54, 1.807) is 0 Å². The van der Waals surface area contributed by atoms with Crippen molar-refractivity contribution in [2.24, 2.45) is 11.8 Å². The molecule has 0 aliphatic carbocycles. The van der Waals surface area contributed by atoms with Crippen LogP contribution in [-0.4, -0.2) is 50.5 Å². The van der Waals surface area contributed by atoms with Gasteiger partial charge in [-0.15, -0.1) is 0 Å². The summed E-state index contributed by atoms with van der Waals surface area (Å²) in [5.74, 6) is 1.55. The molecule has 0 bridgehead atoms. The third-order valence-corrected chi connectivity index (χ3v) is 3.92. The van der Waals surface area contributed by atoms with Gasteiger partial charge in [0.2, 0.25) is 0 Å². The van der Waals surface area contributed by atoms with E-state index in [0.717, 1.165) is 51.3 Å². The van der Waals surface area contributed by atoms with Crippen molar-refractivity contribution in [3.05, 3.63) is 0 Å². The van der Waals surface area contributed by atoms with Gasteiger partial charge < -0.3 is 9.47 Å². The first-order chi connectivity index (χ1) is 9.58. The lowest BCUT2D eigenvalue weighted by Gasteiger charge is -2.33. The van der Waals surface area contributed by atoms with Crippen molar-refractivity contribution in [2.45, 2.75) is 59.5 Å². The fraction of sp³-hybridized carbons (Fsp3) is 1.00. The molecular formula is C17H35NO2. The van der Waals surface area contributed by atoms with Crippen LogP contribution in [0.1, 0.15) is 53.4 Å². The van der Waals surface area contributed by atoms with Gasteiger partial charge in [0.1, 0.15) is 0 Å². The minimum atomic E-state index is 0.443. The summed E-state index contributed by atoms with van der Waals surface area (Å²) in [7, 11) is 0. The van der Waals surface area contributed by atoms with Crippen molar-refractivity contribution in [1.29, 1.82) is 0 Å². The van der Waals surface area contributed by atoms with E-state index >= 15 is 0 Å². The zero-order valence-electron chi connectivity index (χ0n) is 14.1. The second kappa shape index (κ2) is 10.6. The maximum atomic E-state index is 5.87. The maximum Gasteiger partial charge on any atom is 0.0702 e. The molecule has 0 aromatic carbocycles. The molecule has 0 aromatic heterocycles. The SMILES string of the molecule is CC(C)CCC[C@H]1CN(CCOCCC(C)C)CCO1. The largest absolute Gasteiger partial charge is 0.380 e. The van der Waals surface area contributed by atoms with Crippen LogP contribution in [-0.2, 0) is 9.47 Å². The molecule has 1 saturated heterocycles. The van der Waals surface area contributed by atoms with Crippen LogP contribution < -0.4 is 0 Å². The molecule has 1 heterocycles. The summed E-state index contributed by atoms with van der Waals surface area (Å²) in [6, 6.07) is 0. The summed E-state index contributed by atoms with van der Waals surface area (Å²) < 4.78 is 11.6. The van der Waals surface area contributed by atoms with Crippen LogP contribution in [0.5, 0.6) is 0 Å². The molecular weight excluding hydrogens is 250 g/mol. The van der Waals surface area contributed by atoms with Crippen LogP contribution in [0.25, 0.3) is 0 Å². The summed E-state index contributed by atoms with van der Waals surface area (Å²) in [4.78, 5) is 2.50. The fourth-order valence-electron chi connectivity index (χ4n) is 2.53. The number of rotatable bonds is 10. The van der Waals surface area contributed by atoms with Crippen LogP contribution in [0.15, 0.2) is 0 Å². The summed E-state index contributed by atoms with van der Waals surface area (Å²) in [6.45, 7) is 14.9.